The Labute approximate surface area is 118 Å². The van der Waals surface area contributed by atoms with Crippen LogP contribution in [0.3, 0.4) is 0 Å². The lowest BCUT2D eigenvalue weighted by atomic mass is 10.2. The molecular formula is C15H15NO3S. The number of benzene rings is 2. The minimum absolute atomic E-state index is 0.200. The van der Waals surface area contributed by atoms with E-state index in [0.717, 1.165) is 5.56 Å². The van der Waals surface area contributed by atoms with Crippen LogP contribution >= 0.6 is 0 Å². The van der Waals surface area contributed by atoms with Gasteiger partial charge in [0.25, 0.3) is 10.0 Å². The summed E-state index contributed by atoms with van der Waals surface area (Å²) in [4.78, 5) is 0.200. The molecule has 0 aliphatic heterocycles. The molecule has 2 rings (SSSR count). The number of methoxy groups -OCH3 is 1. The molecule has 4 nitrogen and oxygen atoms in total. The van der Waals surface area contributed by atoms with Crippen LogP contribution in [-0.2, 0) is 10.0 Å². The zero-order valence-corrected chi connectivity index (χ0v) is 11.9. The average molecular weight is 289 g/mol. The van der Waals surface area contributed by atoms with Crippen LogP contribution in [0.25, 0.3) is 6.08 Å². The zero-order chi connectivity index (χ0) is 14.6. The summed E-state index contributed by atoms with van der Waals surface area (Å²) in [5.74, 6) is 0.590. The van der Waals surface area contributed by atoms with Crippen molar-refractivity contribution in [3.63, 3.8) is 0 Å². The number of anilines is 1. The molecular weight excluding hydrogens is 274 g/mol. The molecule has 0 unspecified atom stereocenters. The predicted octanol–water partition coefficient (Wildman–Crippen LogP) is 3.14. The summed E-state index contributed by atoms with van der Waals surface area (Å²) in [6.45, 7) is 3.63. The summed E-state index contributed by atoms with van der Waals surface area (Å²) in [7, 11) is -2.07. The van der Waals surface area contributed by atoms with Gasteiger partial charge in [0.15, 0.2) is 0 Å². The Morgan fingerprint density at radius 1 is 1.15 bits per heavy atom. The molecule has 2 aromatic rings. The molecule has 0 aromatic heterocycles. The third-order valence-corrected chi connectivity index (χ3v) is 4.15. The molecule has 20 heavy (non-hydrogen) atoms. The lowest BCUT2D eigenvalue weighted by molar-refractivity contribution is 0.415. The highest BCUT2D eigenvalue weighted by Gasteiger charge is 2.13. The van der Waals surface area contributed by atoms with Gasteiger partial charge >= 0.3 is 0 Å². The van der Waals surface area contributed by atoms with E-state index in [1.54, 1.807) is 54.6 Å². The fraction of sp³-hybridized carbons (Fsp3) is 0.0667. The second kappa shape index (κ2) is 5.79. The Bertz CT molecular complexity index is 706. The van der Waals surface area contributed by atoms with E-state index in [2.05, 4.69) is 11.3 Å². The second-order valence-corrected chi connectivity index (χ2v) is 5.79. The van der Waals surface area contributed by atoms with E-state index in [4.69, 9.17) is 4.74 Å². The first-order chi connectivity index (χ1) is 9.55. The van der Waals surface area contributed by atoms with Gasteiger partial charge in [-0.3, -0.25) is 4.72 Å². The normalized spacial score (nSPS) is 10.8. The topological polar surface area (TPSA) is 55.4 Å². The monoisotopic (exact) mass is 289 g/mol. The first-order valence-electron chi connectivity index (χ1n) is 5.94. The summed E-state index contributed by atoms with van der Waals surface area (Å²) in [6, 6.07) is 13.2. The molecule has 2 aromatic carbocycles. The lowest BCUT2D eigenvalue weighted by Gasteiger charge is -2.09. The number of rotatable bonds is 5. The van der Waals surface area contributed by atoms with E-state index in [-0.39, 0.29) is 4.90 Å². The van der Waals surface area contributed by atoms with Gasteiger partial charge in [0.05, 0.1) is 17.7 Å². The van der Waals surface area contributed by atoms with Gasteiger partial charge in [-0.25, -0.2) is 8.42 Å². The summed E-state index contributed by atoms with van der Waals surface area (Å²) in [6.07, 6.45) is 1.66. The summed E-state index contributed by atoms with van der Waals surface area (Å²) in [5.41, 5.74) is 1.32. The van der Waals surface area contributed by atoms with E-state index in [9.17, 15) is 8.42 Å². The van der Waals surface area contributed by atoms with E-state index < -0.39 is 10.0 Å². The third kappa shape index (κ3) is 3.19. The standard InChI is InChI=1S/C15H15NO3S/c1-3-12-7-9-15(10-8-12)20(17,18)16-13-5-4-6-14(11-13)19-2/h3-11,16H,1H2,2H3. The van der Waals surface area contributed by atoms with E-state index >= 15 is 0 Å². The third-order valence-electron chi connectivity index (χ3n) is 2.75. The van der Waals surface area contributed by atoms with Crippen molar-refractivity contribution in [3.05, 3.63) is 60.7 Å². The van der Waals surface area contributed by atoms with Gasteiger partial charge in [0.1, 0.15) is 5.75 Å². The molecule has 0 aliphatic rings. The Morgan fingerprint density at radius 3 is 2.45 bits per heavy atom. The van der Waals surface area contributed by atoms with Gasteiger partial charge in [0, 0.05) is 6.07 Å². The van der Waals surface area contributed by atoms with E-state index in [1.165, 1.54) is 7.11 Å². The van der Waals surface area contributed by atoms with Crippen molar-refractivity contribution in [2.24, 2.45) is 0 Å². The quantitative estimate of drug-likeness (QED) is 0.920. The number of nitrogens with one attached hydrogen (secondary N) is 1. The molecule has 104 valence electrons. The average Bonchev–Trinajstić information content (AvgIpc) is 2.47. The molecule has 0 amide bonds. The smallest absolute Gasteiger partial charge is 0.261 e. The second-order valence-electron chi connectivity index (χ2n) is 4.11. The van der Waals surface area contributed by atoms with Crippen LogP contribution in [0.2, 0.25) is 0 Å². The molecule has 0 spiro atoms. The summed E-state index contributed by atoms with van der Waals surface area (Å²) >= 11 is 0. The SMILES string of the molecule is C=Cc1ccc(S(=O)(=O)Nc2cccc(OC)c2)cc1. The first-order valence-corrected chi connectivity index (χ1v) is 7.43. The highest BCUT2D eigenvalue weighted by molar-refractivity contribution is 7.92. The predicted molar refractivity (Wildman–Crippen MR) is 80.3 cm³/mol. The Balaban J connectivity index is 2.27. The van der Waals surface area contributed by atoms with Crippen molar-refractivity contribution in [3.8, 4) is 5.75 Å². The first kappa shape index (κ1) is 14.1. The Hall–Kier alpha value is -2.27. The molecule has 0 saturated carbocycles. The molecule has 0 fully saturated rings. The minimum Gasteiger partial charge on any atom is -0.497 e. The van der Waals surface area contributed by atoms with Gasteiger partial charge in [-0.05, 0) is 29.8 Å². The zero-order valence-electron chi connectivity index (χ0n) is 11.0. The number of sulfonamides is 1. The van der Waals surface area contributed by atoms with Crippen LogP contribution in [0.5, 0.6) is 5.75 Å². The van der Waals surface area contributed by atoms with Crippen LogP contribution in [-0.4, -0.2) is 15.5 Å². The van der Waals surface area contributed by atoms with Crippen LogP contribution in [0.1, 0.15) is 5.56 Å². The highest BCUT2D eigenvalue weighted by atomic mass is 32.2. The lowest BCUT2D eigenvalue weighted by Crippen LogP contribution is -2.12. The fourth-order valence-electron chi connectivity index (χ4n) is 1.68. The van der Waals surface area contributed by atoms with Crippen LogP contribution < -0.4 is 9.46 Å². The van der Waals surface area contributed by atoms with Crippen LogP contribution in [0.15, 0.2) is 60.0 Å². The van der Waals surface area contributed by atoms with Gasteiger partial charge in [-0.15, -0.1) is 0 Å². The van der Waals surface area contributed by atoms with Crippen molar-refractivity contribution in [1.82, 2.24) is 0 Å². The molecule has 0 bridgehead atoms. The van der Waals surface area contributed by atoms with Crippen molar-refractivity contribution in [2.75, 3.05) is 11.8 Å². The number of ether oxygens (including phenoxy) is 1. The molecule has 0 heterocycles. The van der Waals surface area contributed by atoms with Gasteiger partial charge in [0.2, 0.25) is 0 Å². The fourth-order valence-corrected chi connectivity index (χ4v) is 2.73. The highest BCUT2D eigenvalue weighted by Crippen LogP contribution is 2.20. The maximum atomic E-state index is 12.2. The Kier molecular flexibility index (Phi) is 4.10. The largest absolute Gasteiger partial charge is 0.497 e. The molecule has 1 N–H and O–H groups in total. The molecule has 0 saturated heterocycles. The van der Waals surface area contributed by atoms with Crippen molar-refractivity contribution in [2.45, 2.75) is 4.90 Å². The Morgan fingerprint density at radius 2 is 1.85 bits per heavy atom. The minimum atomic E-state index is -3.60. The number of hydrogen-bond donors (Lipinski definition) is 1. The van der Waals surface area contributed by atoms with Crippen molar-refractivity contribution in [1.29, 1.82) is 0 Å². The van der Waals surface area contributed by atoms with E-state index in [0.29, 0.717) is 11.4 Å². The van der Waals surface area contributed by atoms with Gasteiger partial charge in [-0.2, -0.15) is 0 Å². The van der Waals surface area contributed by atoms with Crippen molar-refractivity contribution < 1.29 is 13.2 Å². The molecule has 0 radical (unpaired) electrons. The number of hydrogen-bond acceptors (Lipinski definition) is 3. The van der Waals surface area contributed by atoms with Crippen LogP contribution in [0, 0.1) is 0 Å². The summed E-state index contributed by atoms with van der Waals surface area (Å²) < 4.78 is 32.0. The molecule has 5 heteroatoms. The van der Waals surface area contributed by atoms with Crippen LogP contribution in [0.4, 0.5) is 5.69 Å². The summed E-state index contributed by atoms with van der Waals surface area (Å²) in [5, 5.41) is 0. The van der Waals surface area contributed by atoms with Crippen molar-refractivity contribution >= 4 is 21.8 Å². The van der Waals surface area contributed by atoms with Gasteiger partial charge < -0.3 is 4.74 Å². The molecule has 0 atom stereocenters. The molecule has 0 aliphatic carbocycles. The maximum absolute atomic E-state index is 12.2. The maximum Gasteiger partial charge on any atom is 0.261 e. The van der Waals surface area contributed by atoms with E-state index in [1.807, 2.05) is 0 Å². The van der Waals surface area contributed by atoms with Gasteiger partial charge in [-0.1, -0.05) is 30.9 Å².